The van der Waals surface area contributed by atoms with Gasteiger partial charge in [-0.2, -0.15) is 5.10 Å². The summed E-state index contributed by atoms with van der Waals surface area (Å²) < 4.78 is 12.1. The first kappa shape index (κ1) is 27.3. The topological polar surface area (TPSA) is 97.7 Å². The van der Waals surface area contributed by atoms with Crippen LogP contribution in [0, 0.1) is 0 Å². The molecule has 3 amide bonds. The molecule has 4 rings (SSSR count). The zero-order valence-corrected chi connectivity index (χ0v) is 22.4. The summed E-state index contributed by atoms with van der Waals surface area (Å²) in [5, 5.41) is 10.6. The third-order valence-electron chi connectivity index (χ3n) is 6.11. The quantitative estimate of drug-likeness (QED) is 0.256. The highest BCUT2D eigenvalue weighted by Gasteiger charge is 2.20. The highest BCUT2D eigenvalue weighted by molar-refractivity contribution is 5.97. The maximum absolute atomic E-state index is 13.2. The minimum absolute atomic E-state index is 0.115. The molecule has 0 unspecified atom stereocenters. The Kier molecular flexibility index (Phi) is 9.18. The highest BCUT2D eigenvalue weighted by atomic mass is 16.5. The van der Waals surface area contributed by atoms with Crippen molar-refractivity contribution in [3.05, 3.63) is 84.9 Å². The summed E-state index contributed by atoms with van der Waals surface area (Å²) in [7, 11) is 3.19. The van der Waals surface area contributed by atoms with Gasteiger partial charge in [0.25, 0.3) is 0 Å². The Labute approximate surface area is 228 Å². The van der Waals surface area contributed by atoms with Crippen LogP contribution in [0.4, 0.5) is 16.3 Å². The molecule has 0 atom stereocenters. The first-order valence-corrected chi connectivity index (χ1v) is 12.8. The molecule has 2 N–H and O–H groups in total. The number of ether oxygens (including phenoxy) is 2. The number of anilines is 2. The van der Waals surface area contributed by atoms with Gasteiger partial charge in [0.1, 0.15) is 23.9 Å². The van der Waals surface area contributed by atoms with E-state index in [4.69, 9.17) is 14.6 Å². The molecule has 9 heteroatoms. The van der Waals surface area contributed by atoms with Crippen molar-refractivity contribution in [2.75, 3.05) is 37.9 Å². The van der Waals surface area contributed by atoms with Gasteiger partial charge < -0.3 is 25.0 Å². The van der Waals surface area contributed by atoms with Crippen molar-refractivity contribution in [2.45, 2.75) is 19.8 Å². The largest absolute Gasteiger partial charge is 0.497 e. The molecule has 0 saturated carbocycles. The van der Waals surface area contributed by atoms with Crippen LogP contribution in [0.1, 0.15) is 19.8 Å². The van der Waals surface area contributed by atoms with E-state index in [1.807, 2.05) is 67.6 Å². The van der Waals surface area contributed by atoms with Gasteiger partial charge in [-0.1, -0.05) is 43.7 Å². The van der Waals surface area contributed by atoms with Crippen molar-refractivity contribution in [1.29, 1.82) is 0 Å². The maximum atomic E-state index is 13.2. The number of hydrogen-bond acceptors (Lipinski definition) is 5. The summed E-state index contributed by atoms with van der Waals surface area (Å²) in [6.45, 7) is 2.37. The smallest absolute Gasteiger partial charge is 0.322 e. The van der Waals surface area contributed by atoms with Crippen molar-refractivity contribution in [3.8, 4) is 28.4 Å². The lowest BCUT2D eigenvalue weighted by Crippen LogP contribution is -2.41. The lowest BCUT2D eigenvalue weighted by Gasteiger charge is -2.22. The molecule has 1 aromatic heterocycles. The number of carbonyl (C=O) groups is 2. The van der Waals surface area contributed by atoms with Gasteiger partial charge in [-0.05, 0) is 55.0 Å². The molecule has 3 aromatic carbocycles. The van der Waals surface area contributed by atoms with Crippen molar-refractivity contribution in [2.24, 2.45) is 0 Å². The Morgan fingerprint density at radius 2 is 1.51 bits per heavy atom. The van der Waals surface area contributed by atoms with Gasteiger partial charge >= 0.3 is 6.03 Å². The van der Waals surface area contributed by atoms with E-state index in [-0.39, 0.29) is 18.5 Å². The van der Waals surface area contributed by atoms with Gasteiger partial charge in [0.15, 0.2) is 0 Å². The number of benzene rings is 3. The number of carbonyl (C=O) groups excluding carboxylic acids is 2. The fourth-order valence-electron chi connectivity index (χ4n) is 3.97. The number of rotatable bonds is 11. The van der Waals surface area contributed by atoms with Gasteiger partial charge in [0.05, 0.1) is 25.6 Å². The SMILES string of the molecule is CCCCN(CC(=O)Nc1cc(-c2ccccc2)nn1-c1ccc(OC)cc1)C(=O)Nc1ccc(OC)cc1. The summed E-state index contributed by atoms with van der Waals surface area (Å²) in [6.07, 6.45) is 1.66. The molecule has 202 valence electrons. The number of amides is 3. The summed E-state index contributed by atoms with van der Waals surface area (Å²) >= 11 is 0. The molecule has 0 spiro atoms. The van der Waals surface area contributed by atoms with Crippen molar-refractivity contribution in [3.63, 3.8) is 0 Å². The van der Waals surface area contributed by atoms with Gasteiger partial charge in [0.2, 0.25) is 5.91 Å². The third-order valence-corrected chi connectivity index (χ3v) is 6.11. The molecule has 0 fully saturated rings. The second kappa shape index (κ2) is 13.1. The number of methoxy groups -OCH3 is 2. The van der Waals surface area contributed by atoms with Crippen LogP contribution in [-0.4, -0.2) is 53.9 Å². The van der Waals surface area contributed by atoms with Crippen LogP contribution >= 0.6 is 0 Å². The van der Waals surface area contributed by atoms with Crippen LogP contribution in [0.15, 0.2) is 84.9 Å². The molecule has 0 aliphatic carbocycles. The Bertz CT molecular complexity index is 1370. The molecular weight excluding hydrogens is 494 g/mol. The molecular formula is C30H33N5O4. The fourth-order valence-corrected chi connectivity index (χ4v) is 3.97. The Morgan fingerprint density at radius 3 is 2.13 bits per heavy atom. The van der Waals surface area contributed by atoms with Gasteiger partial charge in [-0.25, -0.2) is 9.48 Å². The van der Waals surface area contributed by atoms with E-state index in [1.54, 1.807) is 43.2 Å². The summed E-state index contributed by atoms with van der Waals surface area (Å²) in [5.41, 5.74) is 3.01. The maximum Gasteiger partial charge on any atom is 0.322 e. The number of aromatic nitrogens is 2. The van der Waals surface area contributed by atoms with Crippen LogP contribution in [0.2, 0.25) is 0 Å². The third kappa shape index (κ3) is 7.16. The van der Waals surface area contributed by atoms with Crippen LogP contribution in [0.3, 0.4) is 0 Å². The summed E-state index contributed by atoms with van der Waals surface area (Å²) in [6, 6.07) is 25.7. The Morgan fingerprint density at radius 1 is 0.872 bits per heavy atom. The van der Waals surface area contributed by atoms with Crippen LogP contribution in [0.5, 0.6) is 11.5 Å². The second-order valence-electron chi connectivity index (χ2n) is 8.87. The van der Waals surface area contributed by atoms with E-state index in [0.29, 0.717) is 35.2 Å². The molecule has 9 nitrogen and oxygen atoms in total. The number of hydrogen-bond donors (Lipinski definition) is 2. The highest BCUT2D eigenvalue weighted by Crippen LogP contribution is 2.26. The Balaban J connectivity index is 1.54. The van der Waals surface area contributed by atoms with Crippen LogP contribution < -0.4 is 20.1 Å². The summed E-state index contributed by atoms with van der Waals surface area (Å²) in [4.78, 5) is 27.8. The molecule has 0 radical (unpaired) electrons. The van der Waals surface area contributed by atoms with Gasteiger partial charge in [-0.3, -0.25) is 4.79 Å². The van der Waals surface area contributed by atoms with E-state index >= 15 is 0 Å². The fraction of sp³-hybridized carbons (Fsp3) is 0.233. The van der Waals surface area contributed by atoms with E-state index < -0.39 is 0 Å². The van der Waals surface area contributed by atoms with Gasteiger partial charge in [-0.15, -0.1) is 0 Å². The molecule has 4 aromatic rings. The number of unbranched alkanes of at least 4 members (excludes halogenated alkanes) is 1. The van der Waals surface area contributed by atoms with E-state index in [2.05, 4.69) is 10.6 Å². The average molecular weight is 528 g/mol. The molecule has 0 aliphatic heterocycles. The van der Waals surface area contributed by atoms with Crippen molar-refractivity contribution < 1.29 is 19.1 Å². The molecule has 1 heterocycles. The monoisotopic (exact) mass is 527 g/mol. The molecule has 0 bridgehead atoms. The predicted octanol–water partition coefficient (Wildman–Crippen LogP) is 5.83. The van der Waals surface area contributed by atoms with Crippen molar-refractivity contribution in [1.82, 2.24) is 14.7 Å². The zero-order valence-electron chi connectivity index (χ0n) is 22.4. The van der Waals surface area contributed by atoms with Crippen LogP contribution in [0.25, 0.3) is 16.9 Å². The normalized spacial score (nSPS) is 10.5. The van der Waals surface area contributed by atoms with Crippen LogP contribution in [-0.2, 0) is 4.79 Å². The number of nitrogens with zero attached hydrogens (tertiary/aromatic N) is 3. The van der Waals surface area contributed by atoms with E-state index in [1.165, 1.54) is 4.90 Å². The zero-order chi connectivity index (χ0) is 27.6. The first-order valence-electron chi connectivity index (χ1n) is 12.8. The second-order valence-corrected chi connectivity index (χ2v) is 8.87. The number of nitrogens with one attached hydrogen (secondary N) is 2. The number of urea groups is 1. The lowest BCUT2D eigenvalue weighted by atomic mass is 10.1. The Hall–Kier alpha value is -4.79. The lowest BCUT2D eigenvalue weighted by molar-refractivity contribution is -0.116. The first-order chi connectivity index (χ1) is 19.0. The standard InChI is InChI=1S/C30H33N5O4/c1-4-5-19-34(30(37)31-23-11-15-25(38-2)16-12-23)21-29(36)32-28-20-27(22-9-7-6-8-10-22)33-35(28)24-13-17-26(39-3)18-14-24/h6-18,20H,4-5,19,21H2,1-3H3,(H,31,37)(H,32,36). The van der Waals surface area contributed by atoms with E-state index in [9.17, 15) is 9.59 Å². The predicted molar refractivity (Wildman–Crippen MR) is 153 cm³/mol. The van der Waals surface area contributed by atoms with E-state index in [0.717, 1.165) is 24.1 Å². The molecule has 0 aliphatic rings. The molecule has 0 saturated heterocycles. The van der Waals surface area contributed by atoms with Gasteiger partial charge in [0, 0.05) is 23.9 Å². The molecule has 39 heavy (non-hydrogen) atoms. The minimum atomic E-state index is -0.350. The summed E-state index contributed by atoms with van der Waals surface area (Å²) in [5.74, 6) is 1.58. The van der Waals surface area contributed by atoms with Crippen molar-refractivity contribution >= 4 is 23.4 Å². The minimum Gasteiger partial charge on any atom is -0.497 e. The average Bonchev–Trinajstić information content (AvgIpc) is 3.39.